The van der Waals surface area contributed by atoms with Gasteiger partial charge < -0.3 is 0 Å². The Bertz CT molecular complexity index is 2670. The van der Waals surface area contributed by atoms with Crippen LogP contribution in [0.3, 0.4) is 0 Å². The second-order valence-electron chi connectivity index (χ2n) is 16.1. The first-order valence-electron chi connectivity index (χ1n) is 20.2. The Morgan fingerprint density at radius 3 is 0.934 bits per heavy atom. The Labute approximate surface area is 427 Å². The van der Waals surface area contributed by atoms with E-state index in [1.54, 1.807) is 12.4 Å². The standard InChI is InChI=1S/C32H12BF24.C14H11Br2N2O/c34-25(35,36)13-1-14(26(37,38)39)6-21(5-13)33(22-7-15(27(40,41)42)2-16(8-22)28(43,44)45,23-9-17(29(46,47)48)3-18(10-23)30(49,50)51)24-11-19(31(52,53)54)4-20(12-24)32(55,56)57;15-14(16)8-12-9-18(7-6-17-12)10-13(19)11-4-2-1-3-5-11/h1-12H;1-9H,10H2/q-1;+1. The predicted octanol–water partition coefficient (Wildman–Crippen LogP) is 14.6. The molecule has 6 rings (SSSR count). The molecule has 0 aliphatic heterocycles. The summed E-state index contributed by atoms with van der Waals surface area (Å²) in [6.45, 7) is 0.299. The molecule has 0 atom stereocenters. The van der Waals surface area contributed by atoms with Gasteiger partial charge in [-0.25, -0.2) is 4.98 Å². The Morgan fingerprint density at radius 1 is 0.434 bits per heavy atom. The van der Waals surface area contributed by atoms with Gasteiger partial charge in [-0.2, -0.15) is 132 Å². The number of Topliss-reactive ketones (excluding diaryl/α,β-unsaturated/α-hetero) is 1. The topological polar surface area (TPSA) is 33.8 Å². The summed E-state index contributed by atoms with van der Waals surface area (Å²) < 4.78 is 343. The van der Waals surface area contributed by atoms with Crippen LogP contribution in [0.2, 0.25) is 0 Å². The van der Waals surface area contributed by atoms with Crippen LogP contribution >= 0.6 is 31.9 Å². The monoisotopic (exact) mass is 1240 g/mol. The minimum Gasteiger partial charge on any atom is -0.287 e. The molecule has 0 aliphatic carbocycles. The third-order valence-corrected chi connectivity index (χ3v) is 11.4. The van der Waals surface area contributed by atoms with Crippen LogP contribution < -0.4 is 26.4 Å². The summed E-state index contributed by atoms with van der Waals surface area (Å²) in [6, 6.07) is 0.447. The molecule has 5 aromatic carbocycles. The van der Waals surface area contributed by atoms with Gasteiger partial charge in [-0.3, -0.25) is 4.79 Å². The highest BCUT2D eigenvalue weighted by Gasteiger charge is 2.47. The molecule has 0 N–H and O–H groups in total. The first-order valence-corrected chi connectivity index (χ1v) is 21.8. The number of ketones is 1. The zero-order chi connectivity index (χ0) is 57.6. The fourth-order valence-corrected chi connectivity index (χ4v) is 8.16. The normalized spacial score (nSPS) is 13.2. The maximum Gasteiger partial charge on any atom is 0.416 e. The Kier molecular flexibility index (Phi) is 17.1. The van der Waals surface area contributed by atoms with E-state index in [9.17, 15) is 110 Å². The van der Waals surface area contributed by atoms with Crippen molar-refractivity contribution in [2.24, 2.45) is 0 Å². The summed E-state index contributed by atoms with van der Waals surface area (Å²) in [5, 5.41) is 0. The van der Waals surface area contributed by atoms with Crippen LogP contribution in [0.4, 0.5) is 105 Å². The summed E-state index contributed by atoms with van der Waals surface area (Å²) in [5.74, 6) is 0.0737. The lowest BCUT2D eigenvalue weighted by Gasteiger charge is -2.46. The Balaban J connectivity index is 0.000000468. The van der Waals surface area contributed by atoms with Crippen LogP contribution in [0.15, 0.2) is 125 Å². The van der Waals surface area contributed by atoms with Crippen LogP contribution in [0.25, 0.3) is 6.08 Å². The molecule has 0 radical (unpaired) electrons. The van der Waals surface area contributed by atoms with Crippen molar-refractivity contribution >= 4 is 71.7 Å². The lowest BCUT2D eigenvalue weighted by atomic mass is 9.12. The summed E-state index contributed by atoms with van der Waals surface area (Å²) >= 11 is 6.57. The van der Waals surface area contributed by atoms with Gasteiger partial charge in [-0.15, -0.1) is 0 Å². The number of carbonyl (C=O) groups excluding carboxylic acids is 1. The Morgan fingerprint density at radius 2 is 0.697 bits per heavy atom. The van der Waals surface area contributed by atoms with Crippen LogP contribution in [0, 0.1) is 0 Å². The smallest absolute Gasteiger partial charge is 0.287 e. The fourth-order valence-electron chi connectivity index (χ4n) is 7.69. The molecule has 0 aliphatic rings. The van der Waals surface area contributed by atoms with Gasteiger partial charge in [0.05, 0.1) is 54.1 Å². The minimum atomic E-state index is -6.13. The van der Waals surface area contributed by atoms with E-state index >= 15 is 0 Å². The van der Waals surface area contributed by atoms with Gasteiger partial charge in [0.2, 0.25) is 12.3 Å². The van der Waals surface area contributed by atoms with E-state index in [1.165, 1.54) is 0 Å². The van der Waals surface area contributed by atoms with E-state index in [0.717, 1.165) is 9.09 Å². The molecule has 0 spiro atoms. The van der Waals surface area contributed by atoms with Crippen molar-refractivity contribution in [2.75, 3.05) is 0 Å². The maximum atomic E-state index is 14.2. The molecule has 0 saturated heterocycles. The van der Waals surface area contributed by atoms with Gasteiger partial charge >= 0.3 is 49.4 Å². The first kappa shape index (κ1) is 60.8. The van der Waals surface area contributed by atoms with Crippen molar-refractivity contribution in [1.29, 1.82) is 0 Å². The zero-order valence-corrected chi connectivity index (χ0v) is 39.7. The number of benzene rings is 5. The van der Waals surface area contributed by atoms with Crippen LogP contribution in [0.1, 0.15) is 60.6 Å². The molecule has 0 amide bonds. The molecule has 6 aromatic rings. The third-order valence-electron chi connectivity index (χ3n) is 10.9. The van der Waals surface area contributed by atoms with E-state index < -0.39 is 195 Å². The molecule has 0 fully saturated rings. The van der Waals surface area contributed by atoms with Crippen molar-refractivity contribution in [3.05, 3.63) is 181 Å². The molecular weight excluding hydrogens is 1220 g/mol. The first-order chi connectivity index (χ1) is 34.4. The molecule has 0 bridgehead atoms. The second-order valence-corrected chi connectivity index (χ2v) is 18.9. The predicted molar refractivity (Wildman–Crippen MR) is 231 cm³/mol. The Hall–Kier alpha value is -6.07. The van der Waals surface area contributed by atoms with Crippen molar-refractivity contribution in [1.82, 2.24) is 4.98 Å². The second kappa shape index (κ2) is 21.4. The zero-order valence-electron chi connectivity index (χ0n) is 36.5. The van der Waals surface area contributed by atoms with E-state index in [4.69, 9.17) is 0 Å². The number of hydrogen-bond donors (Lipinski definition) is 0. The fraction of sp³-hybridized carbons (Fsp3) is 0.196. The third kappa shape index (κ3) is 14.7. The molecule has 30 heteroatoms. The van der Waals surface area contributed by atoms with Crippen molar-refractivity contribution < 1.29 is 115 Å². The molecule has 3 nitrogen and oxygen atoms in total. The minimum absolute atomic E-state index is 0.0737. The van der Waals surface area contributed by atoms with Crippen LogP contribution in [-0.4, -0.2) is 16.9 Å². The molecular formula is C46H23BBr2F24N2O. The van der Waals surface area contributed by atoms with Crippen molar-refractivity contribution in [3.8, 4) is 0 Å². The number of hydrogen-bond acceptors (Lipinski definition) is 2. The van der Waals surface area contributed by atoms with E-state index in [2.05, 4.69) is 36.8 Å². The lowest BCUT2D eigenvalue weighted by molar-refractivity contribution is -0.683. The highest BCUT2D eigenvalue weighted by atomic mass is 79.9. The van der Waals surface area contributed by atoms with Crippen molar-refractivity contribution in [3.63, 3.8) is 0 Å². The highest BCUT2D eigenvalue weighted by molar-refractivity contribution is 9.28. The molecule has 1 heterocycles. The molecule has 0 saturated carbocycles. The molecule has 76 heavy (non-hydrogen) atoms. The number of aromatic nitrogens is 2. The average Bonchev–Trinajstić information content (AvgIpc) is 3.27. The molecule has 1 aromatic heterocycles. The van der Waals surface area contributed by atoms with Gasteiger partial charge in [0.1, 0.15) is 11.8 Å². The number of alkyl halides is 24. The summed E-state index contributed by atoms with van der Waals surface area (Å²) in [5.41, 5.74) is -28.7. The molecule has 0 unspecified atom stereocenters. The van der Waals surface area contributed by atoms with E-state index in [1.807, 2.05) is 47.2 Å². The van der Waals surface area contributed by atoms with E-state index in [0.29, 0.717) is 12.1 Å². The van der Waals surface area contributed by atoms with Gasteiger partial charge in [-0.05, 0) is 62.2 Å². The summed E-state index contributed by atoms with van der Waals surface area (Å²) in [6.07, 6.45) is -47.7. The number of halogens is 26. The van der Waals surface area contributed by atoms with Crippen molar-refractivity contribution in [2.45, 2.75) is 56.0 Å². The number of nitrogens with zero attached hydrogens (tertiary/aromatic N) is 2. The van der Waals surface area contributed by atoms with Gasteiger partial charge in [0, 0.05) is 5.56 Å². The maximum absolute atomic E-state index is 14.2. The quantitative estimate of drug-likeness (QED) is 0.0659. The average molecular weight is 1250 g/mol. The van der Waals surface area contributed by atoms with Gasteiger partial charge in [-0.1, -0.05) is 78.9 Å². The molecule has 408 valence electrons. The lowest BCUT2D eigenvalue weighted by Crippen LogP contribution is -2.75. The SMILES string of the molecule is FC(F)(F)c1cc([B-](c2cc(C(F)(F)F)cc(C(F)(F)F)c2)(c2cc(C(F)(F)F)cc(C(F)(F)F)c2)c2cc(C(F)(F)F)cc(C(F)(F)F)c2)cc(C(F)(F)F)c1.O=C(C[n+]1ccnc(C=C(Br)Br)c1)c1ccccc1. The summed E-state index contributed by atoms with van der Waals surface area (Å²) in [7, 11) is 0. The number of carbonyl (C=O) groups is 1. The van der Waals surface area contributed by atoms with Crippen LogP contribution in [-0.2, 0) is 56.0 Å². The van der Waals surface area contributed by atoms with Crippen LogP contribution in [0.5, 0.6) is 0 Å². The van der Waals surface area contributed by atoms with E-state index in [-0.39, 0.29) is 5.78 Å². The van der Waals surface area contributed by atoms with Gasteiger partial charge in [0.15, 0.2) is 12.4 Å². The summed E-state index contributed by atoms with van der Waals surface area (Å²) in [4.78, 5) is 16.3. The largest absolute Gasteiger partial charge is 0.416 e. The number of rotatable bonds is 8. The van der Waals surface area contributed by atoms with Gasteiger partial charge in [0.25, 0.3) is 0 Å². The highest BCUT2D eigenvalue weighted by Crippen LogP contribution is 2.41.